The zero-order valence-electron chi connectivity index (χ0n) is 14.7. The summed E-state index contributed by atoms with van der Waals surface area (Å²) < 4.78 is 37.3. The van der Waals surface area contributed by atoms with Gasteiger partial charge in [0.25, 0.3) is 5.56 Å². The number of H-pyrrole nitrogens is 1. The minimum Gasteiger partial charge on any atom is -0.310 e. The maximum Gasteiger partial charge on any atom is 0.446 e. The van der Waals surface area contributed by atoms with Crippen LogP contribution in [0.15, 0.2) is 40.0 Å². The number of carbonyl (C=O) groups is 1. The monoisotopic (exact) mass is 396 g/mol. The first-order valence-electron chi connectivity index (χ1n) is 8.75. The molecule has 1 aromatic carbocycles. The molecule has 0 saturated heterocycles. The van der Waals surface area contributed by atoms with Crippen LogP contribution >= 0.6 is 11.8 Å². The number of carbonyl (C=O) groups excluding carboxylic acids is 1. The van der Waals surface area contributed by atoms with E-state index >= 15 is 0 Å². The summed E-state index contributed by atoms with van der Waals surface area (Å²) in [4.78, 5) is 31.5. The van der Waals surface area contributed by atoms with Crippen molar-refractivity contribution < 1.29 is 18.0 Å². The highest BCUT2D eigenvalue weighted by atomic mass is 32.2. The molecule has 1 aromatic heterocycles. The Morgan fingerprint density at radius 2 is 1.96 bits per heavy atom. The molecule has 0 aliphatic heterocycles. The van der Waals surface area contributed by atoms with E-state index in [1.807, 2.05) is 6.92 Å². The summed E-state index contributed by atoms with van der Waals surface area (Å²) in [6.45, 7) is 1.91. The smallest absolute Gasteiger partial charge is 0.310 e. The van der Waals surface area contributed by atoms with Gasteiger partial charge in [0, 0.05) is 23.3 Å². The zero-order valence-corrected chi connectivity index (χ0v) is 15.5. The number of hydrogen-bond donors (Lipinski definition) is 1. The van der Waals surface area contributed by atoms with Crippen LogP contribution < -0.4 is 5.56 Å². The molecule has 144 valence electrons. The zero-order chi connectivity index (χ0) is 19.6. The Kier molecular flexibility index (Phi) is 5.74. The molecule has 1 aliphatic carbocycles. The summed E-state index contributed by atoms with van der Waals surface area (Å²) >= 11 is -0.164. The second-order valence-corrected chi connectivity index (χ2v) is 7.78. The van der Waals surface area contributed by atoms with Gasteiger partial charge in [0.1, 0.15) is 11.5 Å². The predicted octanol–water partition coefficient (Wildman–Crippen LogP) is 5.03. The number of thioether (sulfide) groups is 1. The van der Waals surface area contributed by atoms with E-state index in [0.29, 0.717) is 12.2 Å². The van der Waals surface area contributed by atoms with Crippen molar-refractivity contribution in [3.8, 4) is 0 Å². The highest BCUT2D eigenvalue weighted by Gasteiger charge is 2.29. The molecule has 0 unspecified atom stereocenters. The molecule has 1 saturated carbocycles. The minimum absolute atomic E-state index is 0.109. The summed E-state index contributed by atoms with van der Waals surface area (Å²) in [6, 6.07) is 7.28. The standard InChI is InChI=1S/C19H19F3N2O2S/c1-2-11(12-5-7-14(8-6-12)27-19(20,21)22)9-16(25)15-10-17(26)24-18(23-15)13-3-4-13/h5-8,10-11,13H,2-4,9H2,1H3,(H,23,24,26)/t11-/m0/s1. The molecular weight excluding hydrogens is 377 g/mol. The highest BCUT2D eigenvalue weighted by Crippen LogP contribution is 2.38. The van der Waals surface area contributed by atoms with Gasteiger partial charge in [0.15, 0.2) is 5.78 Å². The van der Waals surface area contributed by atoms with Crippen LogP contribution in [0.2, 0.25) is 0 Å². The number of benzene rings is 1. The molecule has 1 aliphatic rings. The molecule has 1 atom stereocenters. The van der Waals surface area contributed by atoms with Crippen LogP contribution in [-0.4, -0.2) is 21.3 Å². The molecule has 1 fully saturated rings. The van der Waals surface area contributed by atoms with E-state index in [-0.39, 0.29) is 52.0 Å². The number of aromatic nitrogens is 2. The van der Waals surface area contributed by atoms with Gasteiger partial charge in [-0.25, -0.2) is 4.98 Å². The topological polar surface area (TPSA) is 62.8 Å². The highest BCUT2D eigenvalue weighted by molar-refractivity contribution is 8.00. The largest absolute Gasteiger partial charge is 0.446 e. The first kappa shape index (κ1) is 19.7. The van der Waals surface area contributed by atoms with Gasteiger partial charge in [-0.2, -0.15) is 13.2 Å². The van der Waals surface area contributed by atoms with E-state index in [1.54, 1.807) is 12.1 Å². The number of alkyl halides is 3. The van der Waals surface area contributed by atoms with Crippen LogP contribution in [0.5, 0.6) is 0 Å². The molecule has 27 heavy (non-hydrogen) atoms. The van der Waals surface area contributed by atoms with Crippen molar-refractivity contribution in [1.82, 2.24) is 9.97 Å². The summed E-state index contributed by atoms with van der Waals surface area (Å²) in [7, 11) is 0. The second kappa shape index (κ2) is 7.88. The van der Waals surface area contributed by atoms with Crippen molar-refractivity contribution >= 4 is 17.5 Å². The number of halogens is 3. The lowest BCUT2D eigenvalue weighted by Gasteiger charge is -2.15. The Labute approximate surface area is 158 Å². The Hall–Kier alpha value is -2.09. The molecule has 4 nitrogen and oxygen atoms in total. The van der Waals surface area contributed by atoms with Crippen molar-refractivity contribution in [3.05, 3.63) is 57.8 Å². The number of hydrogen-bond acceptors (Lipinski definition) is 4. The van der Waals surface area contributed by atoms with E-state index in [4.69, 9.17) is 0 Å². The van der Waals surface area contributed by atoms with Crippen LogP contribution in [0.25, 0.3) is 0 Å². The van der Waals surface area contributed by atoms with Crippen LogP contribution in [0.1, 0.15) is 66.3 Å². The quantitative estimate of drug-likeness (QED) is 0.527. The molecule has 0 amide bonds. The lowest BCUT2D eigenvalue weighted by molar-refractivity contribution is -0.0328. The SMILES string of the molecule is CC[C@@H](CC(=O)c1cc(=O)[nH]c(C2CC2)n1)c1ccc(SC(F)(F)F)cc1. The average molecular weight is 396 g/mol. The van der Waals surface area contributed by atoms with Crippen LogP contribution in [0.3, 0.4) is 0 Å². The number of ketones is 1. The summed E-state index contributed by atoms with van der Waals surface area (Å²) in [5, 5.41) is 0. The third-order valence-electron chi connectivity index (χ3n) is 4.52. The van der Waals surface area contributed by atoms with Gasteiger partial charge in [-0.1, -0.05) is 19.1 Å². The molecule has 3 rings (SSSR count). The molecule has 0 radical (unpaired) electrons. The number of Topliss-reactive ketones (excluding diaryl/α,β-unsaturated/α-hetero) is 1. The average Bonchev–Trinajstić information content (AvgIpc) is 3.43. The molecule has 0 spiro atoms. The number of rotatable bonds is 7. The van der Waals surface area contributed by atoms with Crippen molar-refractivity contribution in [2.45, 2.75) is 54.8 Å². The van der Waals surface area contributed by atoms with Crippen LogP contribution in [0, 0.1) is 0 Å². The first-order chi connectivity index (χ1) is 12.7. The van der Waals surface area contributed by atoms with Crippen molar-refractivity contribution in [3.63, 3.8) is 0 Å². The lowest BCUT2D eigenvalue weighted by Crippen LogP contribution is -2.17. The van der Waals surface area contributed by atoms with Gasteiger partial charge in [-0.15, -0.1) is 0 Å². The van der Waals surface area contributed by atoms with Crippen LogP contribution in [0.4, 0.5) is 13.2 Å². The molecule has 1 N–H and O–H groups in total. The number of nitrogens with one attached hydrogen (secondary N) is 1. The van der Waals surface area contributed by atoms with Gasteiger partial charge in [0.2, 0.25) is 0 Å². The third kappa shape index (κ3) is 5.45. The molecule has 8 heteroatoms. The predicted molar refractivity (Wildman–Crippen MR) is 97.2 cm³/mol. The Bertz CT molecular complexity index is 874. The summed E-state index contributed by atoms with van der Waals surface area (Å²) in [5.74, 6) is 0.412. The molecule has 2 aromatic rings. The second-order valence-electron chi connectivity index (χ2n) is 6.64. The van der Waals surface area contributed by atoms with Crippen molar-refractivity contribution in [1.29, 1.82) is 0 Å². The maximum atomic E-state index is 12.6. The fourth-order valence-corrected chi connectivity index (χ4v) is 3.48. The van der Waals surface area contributed by atoms with Gasteiger partial charge < -0.3 is 4.98 Å². The normalized spacial score (nSPS) is 15.6. The Balaban J connectivity index is 1.73. The lowest BCUT2D eigenvalue weighted by atomic mass is 9.90. The summed E-state index contributed by atoms with van der Waals surface area (Å²) in [6.07, 6.45) is 2.72. The first-order valence-corrected chi connectivity index (χ1v) is 9.57. The van der Waals surface area contributed by atoms with E-state index in [1.165, 1.54) is 18.2 Å². The van der Waals surface area contributed by atoms with Gasteiger partial charge in [-0.3, -0.25) is 9.59 Å². The molecular formula is C19H19F3N2O2S. The Morgan fingerprint density at radius 1 is 1.30 bits per heavy atom. The maximum absolute atomic E-state index is 12.6. The van der Waals surface area contributed by atoms with Crippen molar-refractivity contribution in [2.75, 3.05) is 0 Å². The summed E-state index contributed by atoms with van der Waals surface area (Å²) in [5.41, 5.74) is -3.71. The molecule has 0 bridgehead atoms. The third-order valence-corrected chi connectivity index (χ3v) is 5.26. The number of nitrogens with zero attached hydrogens (tertiary/aromatic N) is 1. The van der Waals surface area contributed by atoms with Crippen molar-refractivity contribution in [2.24, 2.45) is 0 Å². The van der Waals surface area contributed by atoms with Gasteiger partial charge >= 0.3 is 5.51 Å². The van der Waals surface area contributed by atoms with Gasteiger partial charge in [-0.05, 0) is 54.6 Å². The number of aromatic amines is 1. The van der Waals surface area contributed by atoms with E-state index in [2.05, 4.69) is 9.97 Å². The fraction of sp³-hybridized carbons (Fsp3) is 0.421. The Morgan fingerprint density at radius 3 is 2.52 bits per heavy atom. The van der Waals surface area contributed by atoms with Gasteiger partial charge in [0.05, 0.1) is 0 Å². The van der Waals surface area contributed by atoms with Crippen LogP contribution in [-0.2, 0) is 0 Å². The molecule has 1 heterocycles. The van der Waals surface area contributed by atoms with E-state index in [0.717, 1.165) is 18.4 Å². The van der Waals surface area contributed by atoms with E-state index in [9.17, 15) is 22.8 Å². The minimum atomic E-state index is -4.33. The van der Waals surface area contributed by atoms with E-state index < -0.39 is 5.51 Å². The fourth-order valence-electron chi connectivity index (χ4n) is 2.94.